The molecule has 3 rings (SSSR count). The summed E-state index contributed by atoms with van der Waals surface area (Å²) >= 11 is 0. The molecule has 0 aliphatic carbocycles. The standard InChI is InChI=1S/C25H26F2N4O3/c1-25(2,3)30-23(33)22(18-7-5-13-29-16-18)31(21(32)14-17-6-4-12-28-15-17)19-8-10-20(11-9-19)34-24(26)27/h4-13,15-16,22,24H,14H2,1-3H3,(H,30,33). The molecule has 9 heteroatoms. The van der Waals surface area contributed by atoms with Gasteiger partial charge in [0.1, 0.15) is 11.8 Å². The second-order valence-electron chi connectivity index (χ2n) is 8.60. The minimum absolute atomic E-state index is 0.0251. The van der Waals surface area contributed by atoms with Gasteiger partial charge < -0.3 is 10.1 Å². The monoisotopic (exact) mass is 468 g/mol. The van der Waals surface area contributed by atoms with Crippen molar-refractivity contribution in [3.8, 4) is 5.75 Å². The normalized spacial score (nSPS) is 12.2. The number of aromatic nitrogens is 2. The third kappa shape index (κ3) is 6.81. The summed E-state index contributed by atoms with van der Waals surface area (Å²) in [6.07, 6.45) is 6.24. The number of hydrogen-bond acceptors (Lipinski definition) is 5. The highest BCUT2D eigenvalue weighted by atomic mass is 19.3. The van der Waals surface area contributed by atoms with Crippen LogP contribution in [0.2, 0.25) is 0 Å². The zero-order valence-electron chi connectivity index (χ0n) is 19.1. The van der Waals surface area contributed by atoms with E-state index in [9.17, 15) is 18.4 Å². The number of amides is 2. The molecule has 0 fully saturated rings. The van der Waals surface area contributed by atoms with Crippen molar-refractivity contribution >= 4 is 17.5 Å². The zero-order chi connectivity index (χ0) is 24.7. The Morgan fingerprint density at radius 3 is 2.18 bits per heavy atom. The number of alkyl halides is 2. The van der Waals surface area contributed by atoms with Crippen LogP contribution in [0, 0.1) is 0 Å². The lowest BCUT2D eigenvalue weighted by atomic mass is 10.0. The average Bonchev–Trinajstić information content (AvgIpc) is 2.77. The van der Waals surface area contributed by atoms with Crippen LogP contribution in [-0.2, 0) is 16.0 Å². The van der Waals surface area contributed by atoms with Gasteiger partial charge in [0.05, 0.1) is 6.42 Å². The van der Waals surface area contributed by atoms with Crippen LogP contribution in [0.15, 0.2) is 73.3 Å². The van der Waals surface area contributed by atoms with Crippen LogP contribution in [0.1, 0.15) is 37.9 Å². The molecule has 0 saturated carbocycles. The SMILES string of the molecule is CC(C)(C)NC(=O)C(c1cccnc1)N(C(=O)Cc1cccnc1)c1ccc(OC(F)F)cc1. The molecule has 3 aromatic rings. The van der Waals surface area contributed by atoms with Crippen LogP contribution >= 0.6 is 0 Å². The molecule has 0 radical (unpaired) electrons. The molecule has 0 spiro atoms. The van der Waals surface area contributed by atoms with Gasteiger partial charge in [-0.05, 0) is 62.7 Å². The van der Waals surface area contributed by atoms with Gasteiger partial charge in [0.2, 0.25) is 11.8 Å². The van der Waals surface area contributed by atoms with Gasteiger partial charge in [-0.1, -0.05) is 12.1 Å². The Bertz CT molecular complexity index is 1090. The Labute approximate surface area is 196 Å². The maximum absolute atomic E-state index is 13.6. The molecule has 1 N–H and O–H groups in total. The Hall–Kier alpha value is -3.88. The molecule has 7 nitrogen and oxygen atoms in total. The summed E-state index contributed by atoms with van der Waals surface area (Å²) in [6, 6.07) is 11.4. The van der Waals surface area contributed by atoms with E-state index in [1.807, 2.05) is 20.8 Å². The molecular formula is C25H26F2N4O3. The van der Waals surface area contributed by atoms with Crippen molar-refractivity contribution in [2.24, 2.45) is 0 Å². The molecule has 178 valence electrons. The van der Waals surface area contributed by atoms with Crippen molar-refractivity contribution in [2.75, 3.05) is 4.90 Å². The number of pyridine rings is 2. The molecule has 0 saturated heterocycles. The third-order valence-electron chi connectivity index (χ3n) is 4.69. The Morgan fingerprint density at radius 2 is 1.65 bits per heavy atom. The first kappa shape index (κ1) is 24.8. The summed E-state index contributed by atoms with van der Waals surface area (Å²) < 4.78 is 29.7. The van der Waals surface area contributed by atoms with Crippen LogP contribution in [-0.4, -0.2) is 33.9 Å². The van der Waals surface area contributed by atoms with E-state index in [-0.39, 0.29) is 18.1 Å². The van der Waals surface area contributed by atoms with Crippen molar-refractivity contribution in [2.45, 2.75) is 45.4 Å². The topological polar surface area (TPSA) is 84.4 Å². The summed E-state index contributed by atoms with van der Waals surface area (Å²) in [5.74, 6) is -0.850. The average molecular weight is 469 g/mol. The van der Waals surface area contributed by atoms with E-state index in [1.54, 1.807) is 42.9 Å². The van der Waals surface area contributed by atoms with Gasteiger partial charge >= 0.3 is 6.61 Å². The number of benzene rings is 1. The van der Waals surface area contributed by atoms with E-state index >= 15 is 0 Å². The molecule has 1 aromatic carbocycles. The minimum atomic E-state index is -2.98. The molecular weight excluding hydrogens is 442 g/mol. The second-order valence-corrected chi connectivity index (χ2v) is 8.60. The van der Waals surface area contributed by atoms with E-state index in [1.165, 1.54) is 35.4 Å². The third-order valence-corrected chi connectivity index (χ3v) is 4.69. The van der Waals surface area contributed by atoms with Gasteiger partial charge in [0.25, 0.3) is 0 Å². The van der Waals surface area contributed by atoms with Crippen LogP contribution in [0.3, 0.4) is 0 Å². The van der Waals surface area contributed by atoms with Crippen molar-refractivity contribution in [1.29, 1.82) is 0 Å². The first-order valence-corrected chi connectivity index (χ1v) is 10.6. The summed E-state index contributed by atoms with van der Waals surface area (Å²) in [5.41, 5.74) is 0.936. The highest BCUT2D eigenvalue weighted by Gasteiger charge is 2.34. The van der Waals surface area contributed by atoms with Gasteiger partial charge in [-0.3, -0.25) is 24.5 Å². The van der Waals surface area contributed by atoms with Gasteiger partial charge in [-0.2, -0.15) is 8.78 Å². The van der Waals surface area contributed by atoms with Crippen LogP contribution < -0.4 is 15.0 Å². The van der Waals surface area contributed by atoms with Crippen LogP contribution in [0.25, 0.3) is 0 Å². The van der Waals surface area contributed by atoms with Gasteiger partial charge in [0.15, 0.2) is 0 Å². The van der Waals surface area contributed by atoms with E-state index in [0.717, 1.165) is 0 Å². The lowest BCUT2D eigenvalue weighted by Gasteiger charge is -2.33. The molecule has 1 atom stereocenters. The number of hydrogen-bond donors (Lipinski definition) is 1. The van der Waals surface area contributed by atoms with Crippen LogP contribution in [0.4, 0.5) is 14.5 Å². The zero-order valence-corrected chi connectivity index (χ0v) is 19.1. The second kappa shape index (κ2) is 10.8. The number of carbonyl (C=O) groups is 2. The number of anilines is 1. The Balaban J connectivity index is 2.07. The van der Waals surface area contributed by atoms with E-state index in [0.29, 0.717) is 16.8 Å². The molecule has 2 aromatic heterocycles. The van der Waals surface area contributed by atoms with Crippen molar-refractivity contribution in [3.05, 3.63) is 84.4 Å². The van der Waals surface area contributed by atoms with E-state index in [2.05, 4.69) is 20.0 Å². The first-order valence-electron chi connectivity index (χ1n) is 10.6. The first-order chi connectivity index (χ1) is 16.1. The van der Waals surface area contributed by atoms with E-state index in [4.69, 9.17) is 0 Å². The number of carbonyl (C=O) groups excluding carboxylic acids is 2. The molecule has 1 unspecified atom stereocenters. The van der Waals surface area contributed by atoms with Crippen molar-refractivity contribution in [3.63, 3.8) is 0 Å². The van der Waals surface area contributed by atoms with Crippen molar-refractivity contribution in [1.82, 2.24) is 15.3 Å². The number of nitrogens with one attached hydrogen (secondary N) is 1. The van der Waals surface area contributed by atoms with Gasteiger partial charge in [-0.15, -0.1) is 0 Å². The molecule has 34 heavy (non-hydrogen) atoms. The molecule has 0 aliphatic rings. The van der Waals surface area contributed by atoms with Crippen molar-refractivity contribution < 1.29 is 23.1 Å². The molecule has 0 bridgehead atoms. The highest BCUT2D eigenvalue weighted by molar-refractivity contribution is 6.02. The largest absolute Gasteiger partial charge is 0.435 e. The maximum atomic E-state index is 13.6. The molecule has 2 amide bonds. The number of nitrogens with zero attached hydrogens (tertiary/aromatic N) is 3. The molecule has 2 heterocycles. The fraction of sp³-hybridized carbons (Fsp3) is 0.280. The lowest BCUT2D eigenvalue weighted by Crippen LogP contribution is -2.49. The quantitative estimate of drug-likeness (QED) is 0.533. The predicted octanol–water partition coefficient (Wildman–Crippen LogP) is 4.31. The van der Waals surface area contributed by atoms with Gasteiger partial charge in [0, 0.05) is 41.6 Å². The maximum Gasteiger partial charge on any atom is 0.387 e. The fourth-order valence-corrected chi connectivity index (χ4v) is 3.38. The summed E-state index contributed by atoms with van der Waals surface area (Å²) in [7, 11) is 0. The number of ether oxygens (including phenoxy) is 1. The number of halogens is 2. The highest BCUT2D eigenvalue weighted by Crippen LogP contribution is 2.31. The summed E-state index contributed by atoms with van der Waals surface area (Å²) in [5, 5.41) is 2.93. The predicted molar refractivity (Wildman–Crippen MR) is 123 cm³/mol. The Kier molecular flexibility index (Phi) is 7.88. The fourth-order valence-electron chi connectivity index (χ4n) is 3.38. The van der Waals surface area contributed by atoms with E-state index < -0.39 is 24.1 Å². The smallest absolute Gasteiger partial charge is 0.387 e. The van der Waals surface area contributed by atoms with Crippen LogP contribution in [0.5, 0.6) is 5.75 Å². The summed E-state index contributed by atoms with van der Waals surface area (Å²) in [6.45, 7) is 2.53. The van der Waals surface area contributed by atoms with Gasteiger partial charge in [-0.25, -0.2) is 0 Å². The Morgan fingerprint density at radius 1 is 1.00 bits per heavy atom. The number of rotatable bonds is 8. The lowest BCUT2D eigenvalue weighted by molar-refractivity contribution is -0.127. The molecule has 0 aliphatic heterocycles. The summed E-state index contributed by atoms with van der Waals surface area (Å²) in [4.78, 5) is 36.6. The minimum Gasteiger partial charge on any atom is -0.435 e.